The molecule has 0 rings (SSSR count). The van der Waals surface area contributed by atoms with Gasteiger partial charge in [-0.3, -0.25) is 14.4 Å². The maximum atomic E-state index is 12.4. The van der Waals surface area contributed by atoms with Gasteiger partial charge in [0.05, 0.1) is 0 Å². The second-order valence-corrected chi connectivity index (χ2v) is 10.3. The summed E-state index contributed by atoms with van der Waals surface area (Å²) in [5, 5.41) is 11.0. The third-order valence-corrected chi connectivity index (χ3v) is 6.39. The summed E-state index contributed by atoms with van der Waals surface area (Å²) in [7, 11) is 0. The van der Waals surface area contributed by atoms with Crippen molar-refractivity contribution in [3.05, 3.63) is 60.8 Å². The maximum Gasteiger partial charge on any atom is 0.322 e. The Kier molecular flexibility index (Phi) is 28.0. The Morgan fingerprint density at radius 1 is 0.659 bits per heavy atom. The molecule has 1 amide bonds. The van der Waals surface area contributed by atoms with Crippen LogP contribution in [-0.4, -0.2) is 35.6 Å². The lowest BCUT2D eigenvalue weighted by atomic mass is 10.1. The van der Waals surface area contributed by atoms with Crippen molar-refractivity contribution in [1.29, 1.82) is 0 Å². The summed E-state index contributed by atoms with van der Waals surface area (Å²) >= 11 is 0. The zero-order valence-corrected chi connectivity index (χ0v) is 25.9. The normalized spacial score (nSPS) is 12.8. The number of amides is 1. The van der Waals surface area contributed by atoms with Crippen molar-refractivity contribution in [2.24, 2.45) is 0 Å². The number of ether oxygens (including phenoxy) is 1. The molecule has 0 aromatic rings. The smallest absolute Gasteiger partial charge is 0.322 e. The number of carboxylic acid groups (broad SMARTS) is 1. The zero-order valence-electron chi connectivity index (χ0n) is 25.9. The Balaban J connectivity index is 4.19. The van der Waals surface area contributed by atoms with Gasteiger partial charge in [0.15, 0.2) is 0 Å². The first kappa shape index (κ1) is 38.1. The fraction of sp³-hybridized carbons (Fsp3) is 0.629. The van der Waals surface area contributed by atoms with Crippen LogP contribution in [0.3, 0.4) is 0 Å². The van der Waals surface area contributed by atoms with Crippen LogP contribution in [0.1, 0.15) is 129 Å². The number of allylic oxidation sites excluding steroid dienone is 8. The van der Waals surface area contributed by atoms with Crippen molar-refractivity contribution in [1.82, 2.24) is 5.32 Å². The van der Waals surface area contributed by atoms with Gasteiger partial charge in [0.1, 0.15) is 12.6 Å². The first-order chi connectivity index (χ1) is 20.0. The molecule has 0 aromatic heterocycles. The molecule has 0 aromatic carbocycles. The Hall–Kier alpha value is -2.89. The number of carboxylic acids is 1. The van der Waals surface area contributed by atoms with E-state index in [0.29, 0.717) is 12.8 Å². The lowest BCUT2D eigenvalue weighted by Crippen LogP contribution is -2.28. The molecule has 0 bridgehead atoms. The first-order valence-electron chi connectivity index (χ1n) is 16.0. The molecule has 1 atom stereocenters. The van der Waals surface area contributed by atoms with E-state index in [0.717, 1.165) is 70.6 Å². The van der Waals surface area contributed by atoms with E-state index in [-0.39, 0.29) is 24.5 Å². The van der Waals surface area contributed by atoms with Crippen LogP contribution in [0.5, 0.6) is 0 Å². The molecule has 0 aliphatic heterocycles. The van der Waals surface area contributed by atoms with E-state index in [1.54, 1.807) is 0 Å². The van der Waals surface area contributed by atoms with Crippen LogP contribution < -0.4 is 5.32 Å². The first-order valence-corrected chi connectivity index (χ1v) is 16.0. The predicted octanol–water partition coefficient (Wildman–Crippen LogP) is 8.94. The van der Waals surface area contributed by atoms with Crippen molar-refractivity contribution in [3.8, 4) is 0 Å². The predicted molar refractivity (Wildman–Crippen MR) is 171 cm³/mol. The monoisotopic (exact) mass is 571 g/mol. The van der Waals surface area contributed by atoms with Crippen LogP contribution in [0.4, 0.5) is 0 Å². The molecular formula is C35H57NO5. The second-order valence-electron chi connectivity index (χ2n) is 10.3. The molecule has 0 heterocycles. The number of unbranched alkanes of at least 4 members (excludes halogenated alkanes) is 10. The van der Waals surface area contributed by atoms with Crippen LogP contribution in [0.2, 0.25) is 0 Å². The Morgan fingerprint density at radius 3 is 1.93 bits per heavy atom. The van der Waals surface area contributed by atoms with Crippen molar-refractivity contribution in [2.45, 2.75) is 136 Å². The van der Waals surface area contributed by atoms with Gasteiger partial charge in [0, 0.05) is 12.8 Å². The highest BCUT2D eigenvalue weighted by molar-refractivity contribution is 5.80. The van der Waals surface area contributed by atoms with Gasteiger partial charge in [-0.1, -0.05) is 101 Å². The summed E-state index contributed by atoms with van der Waals surface area (Å²) in [6.07, 6.45) is 38.1. The average Bonchev–Trinajstić information content (AvgIpc) is 2.95. The minimum atomic E-state index is -1.04. The van der Waals surface area contributed by atoms with Gasteiger partial charge in [0.25, 0.3) is 0 Å². The standard InChI is InChI=1S/C35H57NO5/c1-3-5-7-9-10-11-12-13-14-15-16-17-22-26-30-35(40)41-32(27-23-19-8-6-4-2)28-24-20-18-21-25-29-33(37)36-31-34(38)39/h6,8-10,12-13,23-24,27-28,32H,3-5,7,11,14-22,25-26,29-31H2,1-2H3,(H,36,37)(H,38,39)/b8-6-,10-9-,13-12-,27-23-,28-24-. The van der Waals surface area contributed by atoms with Gasteiger partial charge in [-0.2, -0.15) is 0 Å². The number of nitrogens with one attached hydrogen (secondary N) is 1. The van der Waals surface area contributed by atoms with Crippen molar-refractivity contribution in [3.63, 3.8) is 0 Å². The van der Waals surface area contributed by atoms with Crippen LogP contribution in [0.15, 0.2) is 60.8 Å². The summed E-state index contributed by atoms with van der Waals surface area (Å²) in [6, 6.07) is 0. The van der Waals surface area contributed by atoms with E-state index < -0.39 is 5.97 Å². The number of aliphatic carboxylic acids is 1. The minimum Gasteiger partial charge on any atom is -0.480 e. The van der Waals surface area contributed by atoms with Crippen molar-refractivity contribution < 1.29 is 24.2 Å². The third-order valence-electron chi connectivity index (χ3n) is 6.39. The highest BCUT2D eigenvalue weighted by Crippen LogP contribution is 2.11. The molecule has 0 saturated heterocycles. The van der Waals surface area contributed by atoms with Crippen LogP contribution >= 0.6 is 0 Å². The number of rotatable bonds is 27. The molecule has 2 N–H and O–H groups in total. The molecule has 1 unspecified atom stereocenters. The molecular weight excluding hydrogens is 514 g/mol. The minimum absolute atomic E-state index is 0.157. The van der Waals surface area contributed by atoms with Gasteiger partial charge in [-0.25, -0.2) is 0 Å². The van der Waals surface area contributed by atoms with Gasteiger partial charge >= 0.3 is 11.9 Å². The van der Waals surface area contributed by atoms with Gasteiger partial charge in [-0.05, 0) is 76.4 Å². The topological polar surface area (TPSA) is 92.7 Å². The zero-order chi connectivity index (χ0) is 30.2. The SMILES string of the molecule is CC/C=C\C/C=C\C(/C=C\CCCCCC(=O)NCC(=O)O)OC(=O)CCCCCCC/C=C\C/C=C\CCCC. The van der Waals surface area contributed by atoms with Crippen LogP contribution in [0, 0.1) is 0 Å². The fourth-order valence-electron chi connectivity index (χ4n) is 4.02. The summed E-state index contributed by atoms with van der Waals surface area (Å²) in [5.74, 6) is -1.42. The van der Waals surface area contributed by atoms with Crippen LogP contribution in [0.25, 0.3) is 0 Å². The maximum absolute atomic E-state index is 12.4. The molecule has 6 nitrogen and oxygen atoms in total. The molecule has 0 radical (unpaired) electrons. The van der Waals surface area contributed by atoms with Gasteiger partial charge in [-0.15, -0.1) is 0 Å². The molecule has 6 heteroatoms. The largest absolute Gasteiger partial charge is 0.480 e. The fourth-order valence-corrected chi connectivity index (χ4v) is 4.02. The van der Waals surface area contributed by atoms with Crippen molar-refractivity contribution >= 4 is 17.8 Å². The summed E-state index contributed by atoms with van der Waals surface area (Å²) in [4.78, 5) is 34.5. The molecule has 0 saturated carbocycles. The quantitative estimate of drug-likeness (QED) is 0.0583. The van der Waals surface area contributed by atoms with E-state index in [4.69, 9.17) is 9.84 Å². The summed E-state index contributed by atoms with van der Waals surface area (Å²) in [6.45, 7) is 3.98. The Morgan fingerprint density at radius 2 is 1.22 bits per heavy atom. The molecule has 0 aliphatic rings. The van der Waals surface area contributed by atoms with E-state index in [1.807, 2.05) is 24.3 Å². The molecule has 0 spiro atoms. The summed E-state index contributed by atoms with van der Waals surface area (Å²) < 4.78 is 5.72. The Bertz CT molecular complexity index is 809. The van der Waals surface area contributed by atoms with Crippen LogP contribution in [-0.2, 0) is 19.1 Å². The third kappa shape index (κ3) is 29.9. The highest BCUT2D eigenvalue weighted by atomic mass is 16.5. The lowest BCUT2D eigenvalue weighted by Gasteiger charge is -2.11. The average molecular weight is 572 g/mol. The lowest BCUT2D eigenvalue weighted by molar-refractivity contribution is -0.145. The molecule has 0 aliphatic carbocycles. The van der Waals surface area contributed by atoms with E-state index in [2.05, 4.69) is 55.6 Å². The number of carbonyl (C=O) groups is 3. The number of carbonyl (C=O) groups excluding carboxylic acids is 2. The number of hydrogen-bond acceptors (Lipinski definition) is 4. The molecule has 0 fully saturated rings. The van der Waals surface area contributed by atoms with E-state index in [9.17, 15) is 14.4 Å². The number of hydrogen-bond donors (Lipinski definition) is 2. The summed E-state index contributed by atoms with van der Waals surface area (Å²) in [5.41, 5.74) is 0. The Labute approximate surface area is 250 Å². The molecule has 232 valence electrons. The highest BCUT2D eigenvalue weighted by Gasteiger charge is 2.08. The van der Waals surface area contributed by atoms with Gasteiger partial charge in [0.2, 0.25) is 5.91 Å². The van der Waals surface area contributed by atoms with E-state index >= 15 is 0 Å². The number of esters is 1. The van der Waals surface area contributed by atoms with Crippen molar-refractivity contribution in [2.75, 3.05) is 6.54 Å². The van der Waals surface area contributed by atoms with Gasteiger partial charge < -0.3 is 15.2 Å². The van der Waals surface area contributed by atoms with E-state index in [1.165, 1.54) is 32.1 Å². The second kappa shape index (κ2) is 30.1. The molecule has 41 heavy (non-hydrogen) atoms.